The number of carbonyl (C=O) groups excluding carboxylic acids is 8. The molecule has 550 valence electrons. The highest BCUT2D eigenvalue weighted by Crippen LogP contribution is 2.22. The molecule has 0 radical (unpaired) electrons. The average Bonchev–Trinajstić information content (AvgIpc) is 0.847. The van der Waals surface area contributed by atoms with Gasteiger partial charge in [-0.05, 0) is 83.8 Å². The minimum absolute atomic E-state index is 0.00408. The molecule has 0 aliphatic rings. The minimum atomic E-state index is -2.12. The number of carboxylic acid groups (broad SMARTS) is 6. The van der Waals surface area contributed by atoms with E-state index in [2.05, 4.69) is 16.0 Å². The zero-order valence-electron chi connectivity index (χ0n) is 54.6. The van der Waals surface area contributed by atoms with Gasteiger partial charge in [0.25, 0.3) is 0 Å². The number of carboxylic acids is 6. The molecule has 0 heterocycles. The van der Waals surface area contributed by atoms with Crippen LogP contribution in [-0.2, 0) is 96.0 Å². The van der Waals surface area contributed by atoms with Gasteiger partial charge in [0.15, 0.2) is 17.5 Å². The first-order chi connectivity index (χ1) is 48.5. The highest BCUT2D eigenvalue weighted by Gasteiger charge is 2.39. The topological polar surface area (TPSA) is 577 Å². The number of nitrogens with one attached hydrogen (secondary N) is 5. The molecule has 0 bridgehead atoms. The van der Waals surface area contributed by atoms with Crippen molar-refractivity contribution in [3.8, 4) is 11.5 Å². The minimum Gasteiger partial charge on any atom is -0.481 e. The Hall–Kier alpha value is -12.0. The Morgan fingerprint density at radius 2 is 0.873 bits per heavy atom. The van der Waals surface area contributed by atoms with Gasteiger partial charge >= 0.3 is 59.9 Å². The molecule has 4 atom stereocenters. The zero-order chi connectivity index (χ0) is 75.3. The average molecular weight is 1430 g/mol. The number of hydrogen-bond acceptors (Lipinski definition) is 24. The van der Waals surface area contributed by atoms with E-state index in [0.29, 0.717) is 16.2 Å². The summed E-state index contributed by atoms with van der Waals surface area (Å²) in [6.07, 6.45) is -8.24. The fourth-order valence-corrected chi connectivity index (χ4v) is 9.10. The Morgan fingerprint density at radius 1 is 0.451 bits per heavy atom. The van der Waals surface area contributed by atoms with Gasteiger partial charge in [0.1, 0.15) is 49.9 Å². The third-order valence-electron chi connectivity index (χ3n) is 13.9. The maximum absolute atomic E-state index is 13.7. The third-order valence-corrected chi connectivity index (χ3v) is 13.9. The van der Waals surface area contributed by atoms with Crippen LogP contribution in [0.5, 0.6) is 11.5 Å². The van der Waals surface area contributed by atoms with E-state index in [4.69, 9.17) is 60.2 Å². The maximum atomic E-state index is 13.7. The highest BCUT2D eigenvalue weighted by atomic mass is 16.6. The molecule has 4 aromatic carbocycles. The standard InChI is InChI=1S/C65H77N9O28/c66-52(67)28-38-3-9-41(10-4-38)61(91)101-45-15-7-40(8-16-45)37-100-65(94)74(35-58(87)88)49(33-56(83)84)60(90)72-47(31-54(79)80)50(75)2-1-20-95-22-24-97-26-27-98-25-23-96-21-19-70-59(89)43(30-53(77)78)29-51(76)48(32-55(81)82)73(34-57(85)86)64(93)99-36-39-5-17-46(18-6-39)102-62(92)42-11-13-44(14-12-42)71-63(68)69/h3-18,43,47-49H,1-2,19-37H2,(H3,66,67)(H,70,89)(H,72,90)(H,77,78)(H,79,80)(H,81,82)(H,83,84)(H,85,86)(H,87,88)(H4,68,69,71)/t43-,47-,48-,49-/m0/s1. The predicted molar refractivity (Wildman–Crippen MR) is 348 cm³/mol. The Labute approximate surface area is 580 Å². The van der Waals surface area contributed by atoms with Crippen LogP contribution in [0.2, 0.25) is 0 Å². The van der Waals surface area contributed by atoms with Gasteiger partial charge in [0.2, 0.25) is 11.8 Å². The lowest BCUT2D eigenvalue weighted by molar-refractivity contribution is -0.146. The summed E-state index contributed by atoms with van der Waals surface area (Å²) in [6.45, 7) is -3.67. The number of rotatable bonds is 48. The lowest BCUT2D eigenvalue weighted by atomic mass is 9.93. The van der Waals surface area contributed by atoms with Gasteiger partial charge in [-0.15, -0.1) is 0 Å². The van der Waals surface area contributed by atoms with Gasteiger partial charge in [-0.25, -0.2) is 19.2 Å². The molecule has 0 aromatic heterocycles. The molecule has 0 unspecified atom stereocenters. The van der Waals surface area contributed by atoms with E-state index in [9.17, 15) is 97.8 Å². The second-order valence-electron chi connectivity index (χ2n) is 21.9. The lowest BCUT2D eigenvalue weighted by Gasteiger charge is -2.29. The number of benzene rings is 4. The van der Waals surface area contributed by atoms with Gasteiger partial charge < -0.3 is 96.0 Å². The number of aliphatic carboxylic acids is 6. The van der Waals surface area contributed by atoms with E-state index in [1.54, 1.807) is 12.1 Å². The monoisotopic (exact) mass is 1430 g/mol. The van der Waals surface area contributed by atoms with Gasteiger partial charge in [-0.2, -0.15) is 0 Å². The van der Waals surface area contributed by atoms with Crippen LogP contribution in [0.15, 0.2) is 97.1 Å². The second-order valence-corrected chi connectivity index (χ2v) is 21.9. The lowest BCUT2D eigenvalue weighted by Crippen LogP contribution is -2.55. The number of carbonyl (C=O) groups is 14. The summed E-state index contributed by atoms with van der Waals surface area (Å²) in [7, 11) is 0. The van der Waals surface area contributed by atoms with E-state index in [1.807, 2.05) is 0 Å². The molecule has 0 spiro atoms. The van der Waals surface area contributed by atoms with Crippen molar-refractivity contribution in [2.24, 2.45) is 17.4 Å². The molecule has 102 heavy (non-hydrogen) atoms. The zero-order valence-corrected chi connectivity index (χ0v) is 54.6. The molecule has 0 saturated carbocycles. The quantitative estimate of drug-likeness (QED) is 0.00987. The Kier molecular flexibility index (Phi) is 35.1. The van der Waals surface area contributed by atoms with Crippen molar-refractivity contribution in [3.63, 3.8) is 0 Å². The largest absolute Gasteiger partial charge is 0.481 e. The number of esters is 2. The van der Waals surface area contributed by atoms with E-state index in [0.717, 1.165) is 0 Å². The van der Waals surface area contributed by atoms with Crippen molar-refractivity contribution in [2.75, 3.05) is 77.8 Å². The van der Waals surface area contributed by atoms with E-state index < -0.39 is 166 Å². The number of ether oxygens (including phenoxy) is 8. The van der Waals surface area contributed by atoms with E-state index in [1.165, 1.54) is 84.9 Å². The van der Waals surface area contributed by atoms with Crippen molar-refractivity contribution in [1.29, 1.82) is 10.8 Å². The fourth-order valence-electron chi connectivity index (χ4n) is 9.10. The van der Waals surface area contributed by atoms with Crippen LogP contribution in [0.3, 0.4) is 0 Å². The fraction of sp³-hybridized carbons (Fsp3) is 0.385. The van der Waals surface area contributed by atoms with Crippen LogP contribution in [-0.4, -0.2) is 226 Å². The van der Waals surface area contributed by atoms with Crippen molar-refractivity contribution in [2.45, 2.75) is 82.7 Å². The number of hydrogen-bond donors (Lipinski definition) is 13. The van der Waals surface area contributed by atoms with Crippen molar-refractivity contribution in [3.05, 3.63) is 125 Å². The van der Waals surface area contributed by atoms with Crippen molar-refractivity contribution < 1.29 is 136 Å². The van der Waals surface area contributed by atoms with Crippen LogP contribution in [0.4, 0.5) is 15.3 Å². The molecular weight excluding hydrogens is 1350 g/mol. The number of ketones is 2. The smallest absolute Gasteiger partial charge is 0.411 e. The summed E-state index contributed by atoms with van der Waals surface area (Å²) in [5.41, 5.74) is 12.8. The third kappa shape index (κ3) is 31.7. The summed E-state index contributed by atoms with van der Waals surface area (Å²) in [5.74, 6) is -17.4. The molecule has 4 amide bonds. The predicted octanol–water partition coefficient (Wildman–Crippen LogP) is 1.88. The summed E-state index contributed by atoms with van der Waals surface area (Å²) in [5, 5.41) is 79.5. The molecule has 0 aliphatic heterocycles. The summed E-state index contributed by atoms with van der Waals surface area (Å²) >= 11 is 0. The Balaban J connectivity index is 1.14. The summed E-state index contributed by atoms with van der Waals surface area (Å²) in [6, 6.07) is 17.1. The number of Topliss-reactive ketones (excluding diaryl/α,β-unsaturated/α-hetero) is 2. The van der Waals surface area contributed by atoms with E-state index >= 15 is 0 Å². The SMILES string of the molecule is N=C(N)Cc1ccc(C(=O)Oc2ccc(COC(=O)N(CC(=O)O)[C@@H](CC(=O)O)C(=O)N[C@@H](CC(=O)O)C(=O)CCCOCCOCCOCCOCCNC(=O)[C@H](CC(=O)O)CC(=O)[C@H](CC(=O)O)N(CC(=O)O)C(=O)OCc3ccc(OC(=O)c4ccc(NC(=N)N)cc4)cc3)cc2)cc1. The molecule has 0 aliphatic carbocycles. The first kappa shape index (κ1) is 82.5. The molecule has 4 aromatic rings. The molecule has 37 nitrogen and oxygen atoms in total. The van der Waals surface area contributed by atoms with Crippen LogP contribution in [0.1, 0.15) is 82.4 Å². The number of amides is 4. The van der Waals surface area contributed by atoms with Gasteiger partial charge in [0, 0.05) is 38.1 Å². The highest BCUT2D eigenvalue weighted by molar-refractivity contribution is 5.98. The summed E-state index contributed by atoms with van der Waals surface area (Å²) in [4.78, 5) is 177. The normalized spacial score (nSPS) is 11.9. The number of anilines is 1. The van der Waals surface area contributed by atoms with Crippen LogP contribution < -0.4 is 36.9 Å². The summed E-state index contributed by atoms with van der Waals surface area (Å²) < 4.78 is 42.9. The number of nitrogens with zero attached hydrogens (tertiary/aromatic N) is 2. The second kappa shape index (κ2) is 43.4. The first-order valence-corrected chi connectivity index (χ1v) is 30.9. The number of guanidine groups is 1. The van der Waals surface area contributed by atoms with Crippen LogP contribution in [0.25, 0.3) is 0 Å². The number of nitrogens with two attached hydrogens (primary N) is 2. The molecule has 37 heteroatoms. The maximum Gasteiger partial charge on any atom is 0.411 e. The molecule has 0 saturated heterocycles. The van der Waals surface area contributed by atoms with Gasteiger partial charge in [-0.1, -0.05) is 36.4 Å². The Morgan fingerprint density at radius 3 is 1.31 bits per heavy atom. The number of amidine groups is 1. The van der Waals surface area contributed by atoms with Crippen molar-refractivity contribution >= 4 is 101 Å². The van der Waals surface area contributed by atoms with Gasteiger partial charge in [-0.3, -0.25) is 68.6 Å². The first-order valence-electron chi connectivity index (χ1n) is 30.9. The molecular formula is C65H77N9O28. The van der Waals surface area contributed by atoms with Crippen molar-refractivity contribution in [1.82, 2.24) is 20.4 Å². The van der Waals surface area contributed by atoms with Crippen LogP contribution in [0, 0.1) is 16.7 Å². The molecule has 15 N–H and O–H groups in total. The Bertz CT molecular complexity index is 3360. The van der Waals surface area contributed by atoms with Gasteiger partial charge in [0.05, 0.1) is 101 Å². The van der Waals surface area contributed by atoms with Crippen LogP contribution >= 0.6 is 0 Å². The molecule has 0 fully saturated rings. The molecule has 4 rings (SSSR count). The van der Waals surface area contributed by atoms with E-state index in [-0.39, 0.29) is 129 Å².